The van der Waals surface area contributed by atoms with Gasteiger partial charge in [-0.25, -0.2) is 0 Å². The molecule has 1 fully saturated rings. The summed E-state index contributed by atoms with van der Waals surface area (Å²) in [6.45, 7) is 6.58. The first-order valence-electron chi connectivity index (χ1n) is 3.71. The Morgan fingerprint density at radius 3 is 2.55 bits per heavy atom. The van der Waals surface area contributed by atoms with Crippen LogP contribution in [0.5, 0.6) is 0 Å². The van der Waals surface area contributed by atoms with E-state index in [2.05, 4.69) is 24.1 Å². The van der Waals surface area contributed by atoms with Crippen molar-refractivity contribution < 1.29 is 35.9 Å². The Labute approximate surface area is 91.3 Å². The Morgan fingerprint density at radius 2 is 2.18 bits per heavy atom. The second-order valence-corrected chi connectivity index (χ2v) is 2.91. The van der Waals surface area contributed by atoms with E-state index in [1.807, 2.05) is 0 Å². The first-order chi connectivity index (χ1) is 4.70. The average molecular weight is 380 g/mol. The maximum absolute atomic E-state index is 10.8. The fraction of sp³-hybridized carbons (Fsp3) is 0.857. The van der Waals surface area contributed by atoms with Gasteiger partial charge >= 0.3 is 0 Å². The van der Waals surface area contributed by atoms with Crippen LogP contribution in [-0.4, -0.2) is 36.5 Å². The van der Waals surface area contributed by atoms with Crippen molar-refractivity contribution >= 4 is 5.91 Å². The minimum absolute atomic E-state index is 0. The maximum atomic E-state index is 10.8. The molecule has 1 aliphatic rings. The number of nitrogens with zero attached hydrogens (tertiary/aromatic N) is 1. The fourth-order valence-electron chi connectivity index (χ4n) is 1.10. The van der Waals surface area contributed by atoms with Crippen LogP contribution < -0.4 is 5.32 Å². The van der Waals surface area contributed by atoms with E-state index in [1.165, 1.54) is 0 Å². The zero-order valence-corrected chi connectivity index (χ0v) is 11.2. The monoisotopic (exact) mass is 380 g/mol. The fourth-order valence-corrected chi connectivity index (χ4v) is 1.10. The molecule has 0 aromatic rings. The molecule has 0 bridgehead atoms. The van der Waals surface area contributed by atoms with Gasteiger partial charge in [-0.05, 0) is 13.8 Å². The molecule has 0 aliphatic carbocycles. The second kappa shape index (κ2) is 5.18. The third-order valence-corrected chi connectivity index (χ3v) is 1.80. The molecule has 1 rings (SSSR count). The molecule has 4 heteroatoms. The van der Waals surface area contributed by atoms with Crippen LogP contribution in [0.1, 0.15) is 13.8 Å². The predicted molar refractivity (Wildman–Crippen MR) is 39.7 cm³/mol. The molecule has 1 N–H and O–H groups in total. The van der Waals surface area contributed by atoms with Crippen molar-refractivity contribution in [3.63, 3.8) is 0 Å². The zero-order chi connectivity index (χ0) is 7.56. The van der Waals surface area contributed by atoms with Gasteiger partial charge in [-0.3, -0.25) is 9.69 Å². The standard InChI is InChI=1S/C7H14N2O.U/c1-6(2)9-4-3-8-7(10)5-9;/h6H,3-5H2,1-2H3,(H,8,10);. The van der Waals surface area contributed by atoms with E-state index >= 15 is 0 Å². The number of nitrogens with one attached hydrogen (secondary N) is 1. The summed E-state index contributed by atoms with van der Waals surface area (Å²) in [6.07, 6.45) is 0. The normalized spacial score (nSPS) is 19.4. The molecule has 62 valence electrons. The van der Waals surface area contributed by atoms with Crippen LogP contribution in [-0.2, 0) is 4.79 Å². The first-order valence-corrected chi connectivity index (χ1v) is 3.71. The van der Waals surface area contributed by atoms with Crippen LogP contribution in [0.4, 0.5) is 0 Å². The summed E-state index contributed by atoms with van der Waals surface area (Å²) >= 11 is 0. The van der Waals surface area contributed by atoms with E-state index in [9.17, 15) is 4.79 Å². The van der Waals surface area contributed by atoms with E-state index in [1.54, 1.807) is 0 Å². The first kappa shape index (κ1) is 11.5. The average Bonchev–Trinajstić information content (AvgIpc) is 1.88. The largest absolute Gasteiger partial charge is 0.354 e. The van der Waals surface area contributed by atoms with Crippen molar-refractivity contribution in [2.75, 3.05) is 19.6 Å². The molecule has 1 heterocycles. The van der Waals surface area contributed by atoms with Crippen LogP contribution in [0.15, 0.2) is 0 Å². The summed E-state index contributed by atoms with van der Waals surface area (Å²) in [5.74, 6) is 0.153. The van der Waals surface area contributed by atoms with Crippen molar-refractivity contribution in [2.45, 2.75) is 19.9 Å². The van der Waals surface area contributed by atoms with Crippen molar-refractivity contribution in [2.24, 2.45) is 0 Å². The van der Waals surface area contributed by atoms with Crippen molar-refractivity contribution in [1.29, 1.82) is 0 Å². The molecule has 0 spiro atoms. The summed E-state index contributed by atoms with van der Waals surface area (Å²) in [4.78, 5) is 13.0. The van der Waals surface area contributed by atoms with Crippen LogP contribution >= 0.6 is 0 Å². The van der Waals surface area contributed by atoms with Crippen LogP contribution in [0, 0.1) is 31.1 Å². The minimum Gasteiger partial charge on any atom is -0.354 e. The Kier molecular flexibility index (Phi) is 5.41. The molecule has 0 saturated carbocycles. The number of hydrogen-bond donors (Lipinski definition) is 1. The number of rotatable bonds is 1. The molecule has 11 heavy (non-hydrogen) atoms. The molecule has 0 aromatic heterocycles. The van der Waals surface area contributed by atoms with Gasteiger partial charge in [-0.1, -0.05) is 0 Å². The number of hydrogen-bond acceptors (Lipinski definition) is 2. The van der Waals surface area contributed by atoms with E-state index in [4.69, 9.17) is 0 Å². The molecule has 0 atom stereocenters. The summed E-state index contributed by atoms with van der Waals surface area (Å²) in [5, 5.41) is 2.79. The molecule has 0 aromatic carbocycles. The van der Waals surface area contributed by atoms with Crippen molar-refractivity contribution in [1.82, 2.24) is 10.2 Å². The van der Waals surface area contributed by atoms with Crippen LogP contribution in [0.3, 0.4) is 0 Å². The predicted octanol–water partition coefficient (Wildman–Crippen LogP) is -0.173. The smallest absolute Gasteiger partial charge is 0.234 e. The molecule has 0 unspecified atom stereocenters. The molecular formula is C7H14N2OU. The van der Waals surface area contributed by atoms with Crippen molar-refractivity contribution in [3.05, 3.63) is 0 Å². The van der Waals surface area contributed by atoms with E-state index < -0.39 is 0 Å². The Balaban J connectivity index is 0.000001000. The van der Waals surface area contributed by atoms with E-state index in [0.29, 0.717) is 12.6 Å². The molecule has 3 nitrogen and oxygen atoms in total. The van der Waals surface area contributed by atoms with E-state index in [-0.39, 0.29) is 37.0 Å². The summed E-state index contributed by atoms with van der Waals surface area (Å²) in [6, 6.07) is 0.492. The van der Waals surface area contributed by atoms with Gasteiger partial charge in [0, 0.05) is 50.2 Å². The van der Waals surface area contributed by atoms with Gasteiger partial charge in [-0.15, -0.1) is 0 Å². The quantitative estimate of drug-likeness (QED) is 0.685. The third-order valence-electron chi connectivity index (χ3n) is 1.80. The number of carbonyl (C=O) groups excluding carboxylic acids is 1. The van der Waals surface area contributed by atoms with Gasteiger partial charge < -0.3 is 5.32 Å². The molecule has 1 saturated heterocycles. The van der Waals surface area contributed by atoms with Gasteiger partial charge in [0.2, 0.25) is 5.91 Å². The van der Waals surface area contributed by atoms with Gasteiger partial charge in [0.1, 0.15) is 0 Å². The number of piperazine rings is 1. The summed E-state index contributed by atoms with van der Waals surface area (Å²) in [7, 11) is 0. The molecule has 1 aliphatic heterocycles. The number of carbonyl (C=O) groups is 1. The van der Waals surface area contributed by atoms with Gasteiger partial charge in [-0.2, -0.15) is 0 Å². The summed E-state index contributed by atoms with van der Waals surface area (Å²) in [5.41, 5.74) is 0. The SMILES string of the molecule is CC(C)N1CCNC(=O)C1.[U]. The van der Waals surface area contributed by atoms with Crippen molar-refractivity contribution in [3.8, 4) is 0 Å². The minimum atomic E-state index is 0. The number of amides is 1. The second-order valence-electron chi connectivity index (χ2n) is 2.91. The van der Waals surface area contributed by atoms with Gasteiger partial charge in [0.15, 0.2) is 0 Å². The Hall–Kier alpha value is 0.482. The van der Waals surface area contributed by atoms with Crippen LogP contribution in [0.25, 0.3) is 0 Å². The Bertz CT molecular complexity index is 138. The molecular weight excluding hydrogens is 366 g/mol. The topological polar surface area (TPSA) is 32.3 Å². The molecule has 0 radical (unpaired) electrons. The van der Waals surface area contributed by atoms with Crippen LogP contribution in [0.2, 0.25) is 0 Å². The van der Waals surface area contributed by atoms with Gasteiger partial charge in [0.05, 0.1) is 6.54 Å². The summed E-state index contributed by atoms with van der Waals surface area (Å²) < 4.78 is 0. The third kappa shape index (κ3) is 3.60. The Morgan fingerprint density at radius 1 is 1.55 bits per heavy atom. The van der Waals surface area contributed by atoms with Gasteiger partial charge in [0.25, 0.3) is 0 Å². The molecule has 1 amide bonds. The van der Waals surface area contributed by atoms with E-state index in [0.717, 1.165) is 13.1 Å². The zero-order valence-electron chi connectivity index (χ0n) is 7.05. The maximum Gasteiger partial charge on any atom is 0.234 e.